The molecule has 0 saturated carbocycles. The minimum absolute atomic E-state index is 0.134. The highest BCUT2D eigenvalue weighted by molar-refractivity contribution is 7.99. The fourth-order valence-corrected chi connectivity index (χ4v) is 1.87. The number of ketones is 1. The van der Waals surface area contributed by atoms with Gasteiger partial charge in [0, 0.05) is 16.2 Å². The van der Waals surface area contributed by atoms with Crippen LogP contribution in [0.3, 0.4) is 0 Å². The van der Waals surface area contributed by atoms with Crippen LogP contribution < -0.4 is 0 Å². The number of thioether (sulfide) groups is 1. The first kappa shape index (κ1) is 13.2. The first-order valence-electron chi connectivity index (χ1n) is 5.06. The van der Waals surface area contributed by atoms with Gasteiger partial charge in [-0.1, -0.05) is 12.1 Å². The Bertz CT molecular complexity index is 352. The summed E-state index contributed by atoms with van der Waals surface area (Å²) in [5.41, 5.74) is -0.833. The molecule has 1 aromatic rings. The summed E-state index contributed by atoms with van der Waals surface area (Å²) < 4.78 is 0. The van der Waals surface area contributed by atoms with Gasteiger partial charge in [0.05, 0.1) is 6.61 Å². The van der Waals surface area contributed by atoms with E-state index in [4.69, 9.17) is 5.11 Å². The molecule has 0 aliphatic rings. The molecule has 1 rings (SSSR count). The molecular formula is C12H16O3S. The van der Waals surface area contributed by atoms with Gasteiger partial charge in [0.15, 0.2) is 5.78 Å². The lowest BCUT2D eigenvalue weighted by atomic mass is 9.97. The normalized spacial score (nSPS) is 11.5. The second-order valence-corrected chi connectivity index (χ2v) is 5.15. The highest BCUT2D eigenvalue weighted by Crippen LogP contribution is 2.20. The molecule has 0 heterocycles. The smallest absolute Gasteiger partial charge is 0.193 e. The fourth-order valence-electron chi connectivity index (χ4n) is 1.22. The van der Waals surface area contributed by atoms with Crippen molar-refractivity contribution in [2.75, 3.05) is 12.4 Å². The Morgan fingerprint density at radius 2 is 1.88 bits per heavy atom. The lowest BCUT2D eigenvalue weighted by molar-refractivity contribution is 0.0488. The largest absolute Gasteiger partial charge is 0.396 e. The van der Waals surface area contributed by atoms with Crippen LogP contribution in [0.2, 0.25) is 0 Å². The molecular weight excluding hydrogens is 224 g/mol. The van der Waals surface area contributed by atoms with Crippen LogP contribution in [0.1, 0.15) is 24.2 Å². The molecule has 0 atom stereocenters. The molecule has 16 heavy (non-hydrogen) atoms. The number of hydrogen-bond acceptors (Lipinski definition) is 4. The number of benzene rings is 1. The third kappa shape index (κ3) is 3.63. The van der Waals surface area contributed by atoms with Gasteiger partial charge in [-0.2, -0.15) is 0 Å². The highest BCUT2D eigenvalue weighted by atomic mass is 32.2. The van der Waals surface area contributed by atoms with E-state index in [9.17, 15) is 9.90 Å². The SMILES string of the molecule is CC(C)(O)C(=O)c1ccc(SCCO)cc1. The zero-order valence-electron chi connectivity index (χ0n) is 9.43. The van der Waals surface area contributed by atoms with Crippen molar-refractivity contribution < 1.29 is 15.0 Å². The van der Waals surface area contributed by atoms with Crippen molar-refractivity contribution in [3.8, 4) is 0 Å². The average Bonchev–Trinajstić information content (AvgIpc) is 2.25. The Kier molecular flexibility index (Phi) is 4.53. The van der Waals surface area contributed by atoms with Crippen molar-refractivity contribution in [3.63, 3.8) is 0 Å². The summed E-state index contributed by atoms with van der Waals surface area (Å²) in [7, 11) is 0. The summed E-state index contributed by atoms with van der Waals surface area (Å²) in [6.45, 7) is 3.09. The number of hydrogen-bond donors (Lipinski definition) is 2. The summed E-state index contributed by atoms with van der Waals surface area (Å²) in [4.78, 5) is 12.7. The van der Waals surface area contributed by atoms with Gasteiger partial charge in [-0.25, -0.2) is 0 Å². The molecule has 3 nitrogen and oxygen atoms in total. The number of Topliss-reactive ketones (excluding diaryl/α,β-unsaturated/α-hetero) is 1. The van der Waals surface area contributed by atoms with Gasteiger partial charge >= 0.3 is 0 Å². The molecule has 0 radical (unpaired) electrons. The summed E-state index contributed by atoms with van der Waals surface area (Å²) >= 11 is 1.52. The molecule has 88 valence electrons. The van der Waals surface area contributed by atoms with Gasteiger partial charge in [-0.05, 0) is 26.0 Å². The van der Waals surface area contributed by atoms with E-state index in [1.54, 1.807) is 12.1 Å². The number of carbonyl (C=O) groups excluding carboxylic acids is 1. The summed E-state index contributed by atoms with van der Waals surface area (Å²) in [5, 5.41) is 18.2. The average molecular weight is 240 g/mol. The van der Waals surface area contributed by atoms with Gasteiger partial charge in [-0.3, -0.25) is 4.79 Å². The molecule has 1 aromatic carbocycles. The zero-order chi connectivity index (χ0) is 12.2. The molecule has 0 amide bonds. The van der Waals surface area contributed by atoms with Crippen LogP contribution in [-0.4, -0.2) is 34.0 Å². The van der Waals surface area contributed by atoms with Crippen LogP contribution in [0.25, 0.3) is 0 Å². The predicted molar refractivity (Wildman–Crippen MR) is 64.9 cm³/mol. The Hall–Kier alpha value is -0.840. The van der Waals surface area contributed by atoms with E-state index in [-0.39, 0.29) is 12.4 Å². The molecule has 0 unspecified atom stereocenters. The Balaban J connectivity index is 2.75. The summed E-state index contributed by atoms with van der Waals surface area (Å²) in [6, 6.07) is 7.03. The molecule has 0 fully saturated rings. The Labute approximate surface area is 99.5 Å². The van der Waals surface area contributed by atoms with E-state index >= 15 is 0 Å². The number of rotatable bonds is 5. The molecule has 2 N–H and O–H groups in total. The van der Waals surface area contributed by atoms with Crippen molar-refractivity contribution in [2.24, 2.45) is 0 Å². The van der Waals surface area contributed by atoms with Crippen LogP contribution >= 0.6 is 11.8 Å². The van der Waals surface area contributed by atoms with Gasteiger partial charge < -0.3 is 10.2 Å². The predicted octanol–water partition coefficient (Wildman–Crippen LogP) is 1.72. The summed E-state index contributed by atoms with van der Waals surface area (Å²) in [6.07, 6.45) is 0. The van der Waals surface area contributed by atoms with Gasteiger partial charge in [-0.15, -0.1) is 11.8 Å². The van der Waals surface area contributed by atoms with Crippen LogP contribution in [0.15, 0.2) is 29.2 Å². The first-order valence-corrected chi connectivity index (χ1v) is 6.04. The van der Waals surface area contributed by atoms with E-state index in [1.807, 2.05) is 12.1 Å². The van der Waals surface area contributed by atoms with E-state index in [0.29, 0.717) is 11.3 Å². The maximum atomic E-state index is 11.7. The molecule has 4 heteroatoms. The maximum Gasteiger partial charge on any atom is 0.193 e. The quantitative estimate of drug-likeness (QED) is 0.608. The lowest BCUT2D eigenvalue weighted by Crippen LogP contribution is -2.30. The number of aliphatic hydroxyl groups excluding tert-OH is 1. The van der Waals surface area contributed by atoms with E-state index < -0.39 is 5.60 Å². The second-order valence-electron chi connectivity index (χ2n) is 3.98. The third-order valence-electron chi connectivity index (χ3n) is 2.03. The third-order valence-corrected chi connectivity index (χ3v) is 3.02. The zero-order valence-corrected chi connectivity index (χ0v) is 10.3. The molecule has 0 aliphatic heterocycles. The first-order chi connectivity index (χ1) is 7.45. The minimum atomic E-state index is -1.33. The molecule has 0 bridgehead atoms. The standard InChI is InChI=1S/C12H16O3S/c1-12(2,15)11(14)9-3-5-10(6-4-9)16-8-7-13/h3-6,13,15H,7-8H2,1-2H3. The molecule has 0 spiro atoms. The van der Waals surface area contributed by atoms with E-state index in [0.717, 1.165) is 4.90 Å². The Morgan fingerprint density at radius 1 is 1.31 bits per heavy atom. The maximum absolute atomic E-state index is 11.7. The van der Waals surface area contributed by atoms with E-state index in [2.05, 4.69) is 0 Å². The lowest BCUT2D eigenvalue weighted by Gasteiger charge is -2.15. The molecule has 0 aromatic heterocycles. The van der Waals surface area contributed by atoms with Crippen LogP contribution in [0, 0.1) is 0 Å². The second kappa shape index (κ2) is 5.48. The van der Waals surface area contributed by atoms with Crippen molar-refractivity contribution in [3.05, 3.63) is 29.8 Å². The van der Waals surface area contributed by atoms with Crippen molar-refractivity contribution in [1.82, 2.24) is 0 Å². The fraction of sp³-hybridized carbons (Fsp3) is 0.417. The Morgan fingerprint density at radius 3 is 2.31 bits per heavy atom. The highest BCUT2D eigenvalue weighted by Gasteiger charge is 2.24. The van der Waals surface area contributed by atoms with Crippen molar-refractivity contribution >= 4 is 17.5 Å². The van der Waals surface area contributed by atoms with Gasteiger partial charge in [0.25, 0.3) is 0 Å². The van der Waals surface area contributed by atoms with E-state index in [1.165, 1.54) is 25.6 Å². The van der Waals surface area contributed by atoms with Crippen LogP contribution in [0.4, 0.5) is 0 Å². The molecule has 0 aliphatic carbocycles. The summed E-state index contributed by atoms with van der Waals surface area (Å²) in [5.74, 6) is 0.352. The van der Waals surface area contributed by atoms with Crippen molar-refractivity contribution in [2.45, 2.75) is 24.3 Å². The van der Waals surface area contributed by atoms with Crippen LogP contribution in [-0.2, 0) is 0 Å². The minimum Gasteiger partial charge on any atom is -0.396 e. The van der Waals surface area contributed by atoms with Gasteiger partial charge in [0.1, 0.15) is 5.60 Å². The molecule has 0 saturated heterocycles. The van der Waals surface area contributed by atoms with Gasteiger partial charge in [0.2, 0.25) is 0 Å². The van der Waals surface area contributed by atoms with Crippen LogP contribution in [0.5, 0.6) is 0 Å². The number of carbonyl (C=O) groups is 1. The monoisotopic (exact) mass is 240 g/mol. The topological polar surface area (TPSA) is 57.5 Å². The number of aliphatic hydroxyl groups is 2. The van der Waals surface area contributed by atoms with Crippen molar-refractivity contribution in [1.29, 1.82) is 0 Å².